The Kier molecular flexibility index (Phi) is 7.52. The minimum atomic E-state index is -3.93. The van der Waals surface area contributed by atoms with Gasteiger partial charge in [-0.15, -0.1) is 0 Å². The second-order valence-electron chi connectivity index (χ2n) is 9.99. The SMILES string of the molecule is CC1CN(Cc2cc(F)c(F)c(F)c2)CC(C)N1C(=O)c1ccc(NS(=O)(=O)c2cccc3cccnc23)cc1. The number of carbonyl (C=O) groups is 1. The average molecular weight is 569 g/mol. The van der Waals surface area contributed by atoms with E-state index in [2.05, 4.69) is 9.71 Å². The molecule has 11 heteroatoms. The minimum Gasteiger partial charge on any atom is -0.331 e. The number of nitrogens with zero attached hydrogens (tertiary/aromatic N) is 3. The lowest BCUT2D eigenvalue weighted by atomic mass is 10.0. The van der Waals surface area contributed by atoms with Crippen LogP contribution in [0, 0.1) is 17.5 Å². The van der Waals surface area contributed by atoms with E-state index in [1.807, 2.05) is 18.7 Å². The molecule has 2 atom stereocenters. The van der Waals surface area contributed by atoms with E-state index in [-0.39, 0.29) is 29.4 Å². The Morgan fingerprint density at radius 1 is 0.950 bits per heavy atom. The molecule has 2 unspecified atom stereocenters. The normalized spacial score (nSPS) is 18.2. The van der Waals surface area contributed by atoms with Crippen LogP contribution >= 0.6 is 0 Å². The molecule has 0 saturated carbocycles. The summed E-state index contributed by atoms with van der Waals surface area (Å²) >= 11 is 0. The van der Waals surface area contributed by atoms with E-state index in [0.717, 1.165) is 12.1 Å². The Balaban J connectivity index is 1.27. The van der Waals surface area contributed by atoms with Gasteiger partial charge in [-0.3, -0.25) is 19.4 Å². The number of rotatable bonds is 6. The van der Waals surface area contributed by atoms with Crippen molar-refractivity contribution in [1.29, 1.82) is 0 Å². The minimum absolute atomic E-state index is 0.0531. The van der Waals surface area contributed by atoms with Crippen LogP contribution in [0.25, 0.3) is 10.9 Å². The summed E-state index contributed by atoms with van der Waals surface area (Å²) in [5.41, 5.74) is 1.37. The lowest BCUT2D eigenvalue weighted by Crippen LogP contribution is -2.58. The van der Waals surface area contributed by atoms with Gasteiger partial charge in [0.1, 0.15) is 4.90 Å². The molecule has 1 aromatic heterocycles. The molecule has 0 aliphatic carbocycles. The smallest absolute Gasteiger partial charge is 0.264 e. The lowest BCUT2D eigenvalue weighted by molar-refractivity contribution is 0.0268. The predicted molar refractivity (Wildman–Crippen MR) is 146 cm³/mol. The predicted octanol–water partition coefficient (Wildman–Crippen LogP) is 5.19. The highest BCUT2D eigenvalue weighted by Crippen LogP contribution is 2.25. The summed E-state index contributed by atoms with van der Waals surface area (Å²) in [5, 5.41) is 0.701. The van der Waals surface area contributed by atoms with Crippen molar-refractivity contribution < 1.29 is 26.4 Å². The third-order valence-electron chi connectivity index (χ3n) is 6.95. The number of anilines is 1. The number of nitrogens with one attached hydrogen (secondary N) is 1. The summed E-state index contributed by atoms with van der Waals surface area (Å²) in [6, 6.07) is 16.2. The highest BCUT2D eigenvalue weighted by Gasteiger charge is 2.33. The van der Waals surface area contributed by atoms with Crippen LogP contribution in [0.3, 0.4) is 0 Å². The van der Waals surface area contributed by atoms with Crippen molar-refractivity contribution in [2.24, 2.45) is 0 Å². The van der Waals surface area contributed by atoms with E-state index in [4.69, 9.17) is 0 Å². The number of para-hydroxylation sites is 1. The first-order chi connectivity index (χ1) is 19.0. The number of sulfonamides is 1. The molecule has 0 radical (unpaired) electrons. The van der Waals surface area contributed by atoms with Crippen molar-refractivity contribution in [3.63, 3.8) is 0 Å². The Hall–Kier alpha value is -3.96. The number of benzene rings is 3. The highest BCUT2D eigenvalue weighted by molar-refractivity contribution is 7.93. The van der Waals surface area contributed by atoms with Gasteiger partial charge >= 0.3 is 0 Å². The van der Waals surface area contributed by atoms with E-state index in [1.165, 1.54) is 24.4 Å². The first-order valence-electron chi connectivity index (χ1n) is 12.7. The molecule has 7 nitrogen and oxygen atoms in total. The van der Waals surface area contributed by atoms with Crippen molar-refractivity contribution in [2.75, 3.05) is 17.8 Å². The third-order valence-corrected chi connectivity index (χ3v) is 8.36. The number of carbonyl (C=O) groups excluding carboxylic acids is 1. The molecule has 5 rings (SSSR count). The molecule has 1 aliphatic heterocycles. The van der Waals surface area contributed by atoms with Crippen molar-refractivity contribution in [2.45, 2.75) is 37.4 Å². The van der Waals surface area contributed by atoms with E-state index in [9.17, 15) is 26.4 Å². The number of hydrogen-bond donors (Lipinski definition) is 1. The quantitative estimate of drug-likeness (QED) is 0.324. The fraction of sp³-hybridized carbons (Fsp3) is 0.241. The van der Waals surface area contributed by atoms with Crippen molar-refractivity contribution in [3.8, 4) is 0 Å². The largest absolute Gasteiger partial charge is 0.331 e. The van der Waals surface area contributed by atoms with Crippen LogP contribution in [0.4, 0.5) is 18.9 Å². The summed E-state index contributed by atoms with van der Waals surface area (Å²) in [6.45, 7) is 4.88. The number of piperazine rings is 1. The molecular formula is C29H27F3N4O3S. The van der Waals surface area contributed by atoms with Crippen molar-refractivity contribution >= 4 is 32.5 Å². The first-order valence-corrected chi connectivity index (χ1v) is 14.2. The fourth-order valence-corrected chi connectivity index (χ4v) is 6.49. The molecule has 3 aromatic carbocycles. The number of fused-ring (bicyclic) bond motifs is 1. The number of aromatic nitrogens is 1. The molecule has 1 amide bonds. The molecule has 1 fully saturated rings. The standard InChI is InChI=1S/C29H27F3N4O3S/c1-18-15-35(17-20-13-24(30)27(32)25(31)14-20)16-19(2)36(18)29(37)22-8-10-23(11-9-22)34-40(38,39)26-7-3-5-21-6-4-12-33-28(21)26/h3-14,18-19,34H,15-17H2,1-2H3. The maximum atomic E-state index is 13.6. The van der Waals surface area contributed by atoms with Crippen molar-refractivity contribution in [3.05, 3.63) is 102 Å². The Labute approximate surface area is 230 Å². The number of amides is 1. The molecule has 1 aliphatic rings. The maximum Gasteiger partial charge on any atom is 0.264 e. The fourth-order valence-electron chi connectivity index (χ4n) is 5.25. The summed E-state index contributed by atoms with van der Waals surface area (Å²) in [5.74, 6) is -4.18. The van der Waals surface area contributed by atoms with Gasteiger partial charge in [-0.05, 0) is 67.9 Å². The monoisotopic (exact) mass is 568 g/mol. The summed E-state index contributed by atoms with van der Waals surface area (Å²) < 4.78 is 69.3. The molecule has 0 bridgehead atoms. The highest BCUT2D eigenvalue weighted by atomic mass is 32.2. The molecule has 40 heavy (non-hydrogen) atoms. The molecule has 1 saturated heterocycles. The maximum absolute atomic E-state index is 13.6. The van der Waals surface area contributed by atoms with Gasteiger partial charge < -0.3 is 4.90 Å². The number of hydrogen-bond acceptors (Lipinski definition) is 5. The molecule has 4 aromatic rings. The van der Waals surface area contributed by atoms with Gasteiger partial charge in [0.05, 0.1) is 5.52 Å². The zero-order valence-electron chi connectivity index (χ0n) is 21.8. The second-order valence-corrected chi connectivity index (χ2v) is 11.6. The third kappa shape index (κ3) is 5.52. The van der Waals surface area contributed by atoms with Crippen LogP contribution in [0.5, 0.6) is 0 Å². The van der Waals surface area contributed by atoms with Gasteiger partial charge in [0, 0.05) is 54.6 Å². The zero-order valence-corrected chi connectivity index (χ0v) is 22.6. The summed E-state index contributed by atoms with van der Waals surface area (Å²) in [7, 11) is -3.93. The van der Waals surface area contributed by atoms with Gasteiger partial charge in [-0.2, -0.15) is 0 Å². The second kappa shape index (κ2) is 10.9. The Morgan fingerprint density at radius 3 is 2.23 bits per heavy atom. The van der Waals surface area contributed by atoms with E-state index >= 15 is 0 Å². The molecule has 1 N–H and O–H groups in total. The average Bonchev–Trinajstić information content (AvgIpc) is 2.91. The summed E-state index contributed by atoms with van der Waals surface area (Å²) in [4.78, 5) is 21.4. The lowest BCUT2D eigenvalue weighted by Gasteiger charge is -2.44. The van der Waals surface area contributed by atoms with Crippen molar-refractivity contribution in [1.82, 2.24) is 14.8 Å². The summed E-state index contributed by atoms with van der Waals surface area (Å²) in [6.07, 6.45) is 1.53. The van der Waals surface area contributed by atoms with Gasteiger partial charge in [0.25, 0.3) is 15.9 Å². The van der Waals surface area contributed by atoms with Crippen LogP contribution in [-0.2, 0) is 16.6 Å². The van der Waals surface area contributed by atoms with Gasteiger partial charge in [0.15, 0.2) is 17.5 Å². The zero-order chi connectivity index (χ0) is 28.6. The Bertz CT molecular complexity index is 1640. The molecule has 0 spiro atoms. The van der Waals surface area contributed by atoms with Gasteiger partial charge in [0.2, 0.25) is 0 Å². The number of pyridine rings is 1. The van der Waals surface area contributed by atoms with Gasteiger partial charge in [-0.1, -0.05) is 18.2 Å². The van der Waals surface area contributed by atoms with Crippen LogP contribution in [-0.4, -0.2) is 54.3 Å². The molecule has 208 valence electrons. The number of halogens is 3. The van der Waals surface area contributed by atoms with Crippen LogP contribution in [0.1, 0.15) is 29.8 Å². The topological polar surface area (TPSA) is 82.6 Å². The van der Waals surface area contributed by atoms with E-state index in [0.29, 0.717) is 40.8 Å². The first kappa shape index (κ1) is 27.6. The van der Waals surface area contributed by atoms with Crippen LogP contribution in [0.2, 0.25) is 0 Å². The van der Waals surface area contributed by atoms with Gasteiger partial charge in [-0.25, -0.2) is 21.6 Å². The van der Waals surface area contributed by atoms with Crippen LogP contribution < -0.4 is 4.72 Å². The Morgan fingerprint density at radius 2 is 1.57 bits per heavy atom. The van der Waals surface area contributed by atoms with Crippen LogP contribution in [0.15, 0.2) is 77.8 Å². The molecular weight excluding hydrogens is 541 g/mol. The van der Waals surface area contributed by atoms with E-state index < -0.39 is 27.5 Å². The van der Waals surface area contributed by atoms with E-state index in [1.54, 1.807) is 41.3 Å². The molecule has 2 heterocycles.